The second-order valence-corrected chi connectivity index (χ2v) is 6.35. The molecule has 136 valence electrons. The minimum atomic E-state index is -0.191. The van der Waals surface area contributed by atoms with Crippen molar-refractivity contribution < 1.29 is 4.79 Å². The van der Waals surface area contributed by atoms with Crippen LogP contribution in [0.3, 0.4) is 0 Å². The van der Waals surface area contributed by atoms with E-state index in [1.54, 1.807) is 23.0 Å². The molecule has 0 aliphatic rings. The maximum atomic E-state index is 12.4. The van der Waals surface area contributed by atoms with E-state index in [0.29, 0.717) is 16.4 Å². The van der Waals surface area contributed by atoms with Crippen molar-refractivity contribution in [2.75, 3.05) is 23.3 Å². The number of carbonyl (C=O) groups excluding carboxylic acids is 1. The molecule has 26 heavy (non-hydrogen) atoms. The molecular weight excluding hydrogens is 352 g/mol. The van der Waals surface area contributed by atoms with Crippen LogP contribution in [-0.4, -0.2) is 38.7 Å². The van der Waals surface area contributed by atoms with E-state index < -0.39 is 0 Å². The minimum absolute atomic E-state index is 0.0597. The first-order valence-electron chi connectivity index (χ1n) is 8.51. The Bertz CT molecular complexity index is 935. The van der Waals surface area contributed by atoms with Crippen LogP contribution in [0.5, 0.6) is 0 Å². The van der Waals surface area contributed by atoms with E-state index in [1.165, 1.54) is 6.33 Å². The highest BCUT2D eigenvalue weighted by Gasteiger charge is 2.15. The number of hydrogen-bond donors (Lipinski definition) is 1. The summed E-state index contributed by atoms with van der Waals surface area (Å²) in [6, 6.07) is 5.39. The van der Waals surface area contributed by atoms with Crippen molar-refractivity contribution in [1.29, 1.82) is 0 Å². The fourth-order valence-corrected chi connectivity index (χ4v) is 3.00. The molecule has 0 aliphatic heterocycles. The van der Waals surface area contributed by atoms with Crippen molar-refractivity contribution in [1.82, 2.24) is 19.7 Å². The highest BCUT2D eigenvalue weighted by atomic mass is 35.5. The first-order valence-corrected chi connectivity index (χ1v) is 8.88. The summed E-state index contributed by atoms with van der Waals surface area (Å²) >= 11 is 6.01. The molecular formula is C18H21ClN6O. The van der Waals surface area contributed by atoms with E-state index in [2.05, 4.69) is 39.1 Å². The molecule has 3 rings (SSSR count). The normalized spacial score (nSPS) is 10.9. The van der Waals surface area contributed by atoms with Crippen LogP contribution < -0.4 is 10.2 Å². The number of aryl methyl sites for hydroxylation is 1. The number of anilines is 2. The zero-order chi connectivity index (χ0) is 18.7. The standard InChI is InChI=1S/C18H21ClN6O/c1-4-24(5-2)17-14-9-22-25(18(14)21-11-20-17)10-16(26)23-15-8-13(19)7-6-12(15)3/h6-9,11H,4-5,10H2,1-3H3,(H,23,26). The summed E-state index contributed by atoms with van der Waals surface area (Å²) < 4.78 is 1.58. The van der Waals surface area contributed by atoms with Gasteiger partial charge in [-0.25, -0.2) is 14.6 Å². The maximum Gasteiger partial charge on any atom is 0.246 e. The van der Waals surface area contributed by atoms with Gasteiger partial charge in [0.15, 0.2) is 5.65 Å². The second-order valence-electron chi connectivity index (χ2n) is 5.92. The van der Waals surface area contributed by atoms with Crippen molar-refractivity contribution in [2.24, 2.45) is 0 Å². The third-order valence-corrected chi connectivity index (χ3v) is 4.48. The highest BCUT2D eigenvalue weighted by molar-refractivity contribution is 6.31. The first-order chi connectivity index (χ1) is 12.5. The smallest absolute Gasteiger partial charge is 0.246 e. The van der Waals surface area contributed by atoms with Gasteiger partial charge in [-0.15, -0.1) is 0 Å². The molecule has 0 radical (unpaired) electrons. The van der Waals surface area contributed by atoms with Crippen LogP contribution >= 0.6 is 11.6 Å². The van der Waals surface area contributed by atoms with Gasteiger partial charge in [-0.2, -0.15) is 5.10 Å². The summed E-state index contributed by atoms with van der Waals surface area (Å²) in [7, 11) is 0. The Balaban J connectivity index is 1.84. The van der Waals surface area contributed by atoms with Gasteiger partial charge >= 0.3 is 0 Å². The van der Waals surface area contributed by atoms with Gasteiger partial charge < -0.3 is 10.2 Å². The Morgan fingerprint density at radius 2 is 2.04 bits per heavy atom. The Labute approximate surface area is 157 Å². The average Bonchev–Trinajstić information content (AvgIpc) is 3.03. The van der Waals surface area contributed by atoms with Crippen molar-refractivity contribution in [3.8, 4) is 0 Å². The minimum Gasteiger partial charge on any atom is -0.356 e. The molecule has 2 aromatic heterocycles. The summed E-state index contributed by atoms with van der Waals surface area (Å²) in [5.41, 5.74) is 2.27. The summed E-state index contributed by atoms with van der Waals surface area (Å²) in [5.74, 6) is 0.640. The number of nitrogens with one attached hydrogen (secondary N) is 1. The van der Waals surface area contributed by atoms with Gasteiger partial charge in [0.1, 0.15) is 18.7 Å². The van der Waals surface area contributed by atoms with Gasteiger partial charge in [-0.05, 0) is 38.5 Å². The van der Waals surface area contributed by atoms with Crippen molar-refractivity contribution in [3.05, 3.63) is 41.3 Å². The van der Waals surface area contributed by atoms with E-state index in [-0.39, 0.29) is 12.5 Å². The van der Waals surface area contributed by atoms with Crippen LogP contribution in [-0.2, 0) is 11.3 Å². The van der Waals surface area contributed by atoms with Crippen LogP contribution in [0.1, 0.15) is 19.4 Å². The first kappa shape index (κ1) is 18.1. The Hall–Kier alpha value is -2.67. The van der Waals surface area contributed by atoms with E-state index in [0.717, 1.165) is 29.9 Å². The summed E-state index contributed by atoms with van der Waals surface area (Å²) in [6.07, 6.45) is 3.22. The summed E-state index contributed by atoms with van der Waals surface area (Å²) in [4.78, 5) is 23.3. The van der Waals surface area contributed by atoms with Crippen molar-refractivity contribution in [3.63, 3.8) is 0 Å². The lowest BCUT2D eigenvalue weighted by Gasteiger charge is -2.19. The third-order valence-electron chi connectivity index (χ3n) is 4.24. The van der Waals surface area contributed by atoms with Crippen LogP contribution in [0.25, 0.3) is 11.0 Å². The van der Waals surface area contributed by atoms with E-state index in [9.17, 15) is 4.79 Å². The molecule has 0 aliphatic carbocycles. The van der Waals surface area contributed by atoms with Gasteiger partial charge in [0.2, 0.25) is 5.91 Å². The molecule has 0 atom stereocenters. The number of hydrogen-bond acceptors (Lipinski definition) is 5. The number of carbonyl (C=O) groups is 1. The van der Waals surface area contributed by atoms with Gasteiger partial charge in [0.05, 0.1) is 11.6 Å². The van der Waals surface area contributed by atoms with Crippen LogP contribution in [0, 0.1) is 6.92 Å². The Morgan fingerprint density at radius 1 is 1.27 bits per heavy atom. The average molecular weight is 373 g/mol. The van der Waals surface area contributed by atoms with Gasteiger partial charge in [0.25, 0.3) is 0 Å². The molecule has 3 aromatic rings. The van der Waals surface area contributed by atoms with Crippen LogP contribution in [0.15, 0.2) is 30.7 Å². The van der Waals surface area contributed by atoms with E-state index >= 15 is 0 Å². The Morgan fingerprint density at radius 3 is 2.77 bits per heavy atom. The highest BCUT2D eigenvalue weighted by Crippen LogP contribution is 2.23. The van der Waals surface area contributed by atoms with Crippen LogP contribution in [0.4, 0.5) is 11.5 Å². The largest absolute Gasteiger partial charge is 0.356 e. The number of halogens is 1. The molecule has 0 saturated carbocycles. The molecule has 0 fully saturated rings. The third kappa shape index (κ3) is 3.62. The second kappa shape index (κ2) is 7.70. The number of aromatic nitrogens is 4. The van der Waals surface area contributed by atoms with Crippen LogP contribution in [0.2, 0.25) is 5.02 Å². The SMILES string of the molecule is CCN(CC)c1ncnc2c1cnn2CC(=O)Nc1cc(Cl)ccc1C. The molecule has 1 N–H and O–H groups in total. The predicted octanol–water partition coefficient (Wildman–Crippen LogP) is 3.27. The van der Waals surface area contributed by atoms with Gasteiger partial charge in [-0.3, -0.25) is 4.79 Å². The lowest BCUT2D eigenvalue weighted by molar-refractivity contribution is -0.116. The number of nitrogens with zero attached hydrogens (tertiary/aromatic N) is 5. The van der Waals surface area contributed by atoms with E-state index in [4.69, 9.17) is 11.6 Å². The monoisotopic (exact) mass is 372 g/mol. The quantitative estimate of drug-likeness (QED) is 0.718. The molecule has 1 aromatic carbocycles. The molecule has 2 heterocycles. The lowest BCUT2D eigenvalue weighted by Crippen LogP contribution is -2.23. The molecule has 0 spiro atoms. The number of amides is 1. The van der Waals surface area contributed by atoms with Crippen molar-refractivity contribution in [2.45, 2.75) is 27.3 Å². The van der Waals surface area contributed by atoms with Gasteiger partial charge in [0, 0.05) is 23.8 Å². The number of rotatable bonds is 6. The zero-order valence-corrected chi connectivity index (χ0v) is 15.8. The number of fused-ring (bicyclic) bond motifs is 1. The fraction of sp³-hybridized carbons (Fsp3) is 0.333. The molecule has 0 unspecified atom stereocenters. The molecule has 8 heteroatoms. The molecule has 1 amide bonds. The predicted molar refractivity (Wildman–Crippen MR) is 104 cm³/mol. The summed E-state index contributed by atoms with van der Waals surface area (Å²) in [6.45, 7) is 7.79. The zero-order valence-electron chi connectivity index (χ0n) is 15.0. The maximum absolute atomic E-state index is 12.4. The number of benzene rings is 1. The molecule has 0 saturated heterocycles. The lowest BCUT2D eigenvalue weighted by atomic mass is 10.2. The molecule has 0 bridgehead atoms. The molecule has 7 nitrogen and oxygen atoms in total. The van der Waals surface area contributed by atoms with Gasteiger partial charge in [-0.1, -0.05) is 17.7 Å². The Kier molecular flexibility index (Phi) is 5.37. The van der Waals surface area contributed by atoms with Crippen molar-refractivity contribution >= 4 is 40.0 Å². The summed E-state index contributed by atoms with van der Waals surface area (Å²) in [5, 5.41) is 8.62. The fourth-order valence-electron chi connectivity index (χ4n) is 2.83. The topological polar surface area (TPSA) is 75.9 Å². The van der Waals surface area contributed by atoms with E-state index in [1.807, 2.05) is 13.0 Å².